The number of carboxylic acid groups (broad SMARTS) is 1. The Morgan fingerprint density at radius 3 is 2.62 bits per heavy atom. The maximum Gasteiger partial charge on any atom is 0.338 e. The van der Waals surface area contributed by atoms with Gasteiger partial charge in [-0.1, -0.05) is 0 Å². The summed E-state index contributed by atoms with van der Waals surface area (Å²) < 4.78 is 47.2. The van der Waals surface area contributed by atoms with E-state index in [1.807, 2.05) is 0 Å². The number of benzene rings is 1. The molecule has 0 atom stereocenters. The number of hydrogen-bond acceptors (Lipinski definition) is 5. The average Bonchev–Trinajstić information content (AvgIpc) is 2.42. The molecule has 1 aromatic carbocycles. The lowest BCUT2D eigenvalue weighted by Gasteiger charge is -2.07. The summed E-state index contributed by atoms with van der Waals surface area (Å²) in [6.45, 7) is 0.867. The third kappa shape index (κ3) is 5.41. The van der Waals surface area contributed by atoms with Crippen LogP contribution in [0.5, 0.6) is 0 Å². The molecular formula is C13H17FO6S. The minimum absolute atomic E-state index is 0.0220. The zero-order valence-electron chi connectivity index (χ0n) is 11.5. The predicted octanol–water partition coefficient (Wildman–Crippen LogP) is 1.35. The Morgan fingerprint density at radius 2 is 2.00 bits per heavy atom. The van der Waals surface area contributed by atoms with Crippen LogP contribution in [0, 0.1) is 5.82 Å². The van der Waals surface area contributed by atoms with Crippen molar-refractivity contribution >= 4 is 15.8 Å². The van der Waals surface area contributed by atoms with Crippen LogP contribution in [0.15, 0.2) is 23.1 Å². The largest absolute Gasteiger partial charge is 0.478 e. The first-order valence-electron chi connectivity index (χ1n) is 6.21. The highest BCUT2D eigenvalue weighted by Gasteiger charge is 2.19. The van der Waals surface area contributed by atoms with E-state index in [0.717, 1.165) is 18.2 Å². The molecule has 21 heavy (non-hydrogen) atoms. The number of aromatic carboxylic acids is 1. The van der Waals surface area contributed by atoms with E-state index in [2.05, 4.69) is 0 Å². The Hall–Kier alpha value is -1.51. The van der Waals surface area contributed by atoms with Gasteiger partial charge in [0.05, 0.1) is 22.8 Å². The number of hydrogen-bond donors (Lipinski definition) is 1. The van der Waals surface area contributed by atoms with Gasteiger partial charge in [-0.25, -0.2) is 17.6 Å². The molecule has 0 aliphatic carbocycles. The SMILES string of the molecule is COCCCOCCS(=O)(=O)c1ccc(F)c(C(=O)O)c1. The summed E-state index contributed by atoms with van der Waals surface area (Å²) in [6, 6.07) is 2.69. The fourth-order valence-electron chi connectivity index (χ4n) is 1.56. The molecule has 0 bridgehead atoms. The first-order chi connectivity index (χ1) is 9.88. The minimum Gasteiger partial charge on any atom is -0.478 e. The Kier molecular flexibility index (Phi) is 6.73. The molecule has 0 aromatic heterocycles. The topological polar surface area (TPSA) is 89.9 Å². The zero-order chi connectivity index (χ0) is 15.9. The van der Waals surface area contributed by atoms with Crippen LogP contribution < -0.4 is 0 Å². The highest BCUT2D eigenvalue weighted by molar-refractivity contribution is 7.91. The smallest absolute Gasteiger partial charge is 0.338 e. The lowest BCUT2D eigenvalue weighted by atomic mass is 10.2. The van der Waals surface area contributed by atoms with Gasteiger partial charge in [0.2, 0.25) is 0 Å². The van der Waals surface area contributed by atoms with Gasteiger partial charge in [0.15, 0.2) is 9.84 Å². The van der Waals surface area contributed by atoms with E-state index in [9.17, 15) is 17.6 Å². The lowest BCUT2D eigenvalue weighted by molar-refractivity contribution is 0.0691. The van der Waals surface area contributed by atoms with E-state index in [1.54, 1.807) is 7.11 Å². The zero-order valence-corrected chi connectivity index (χ0v) is 12.4. The van der Waals surface area contributed by atoms with Crippen molar-refractivity contribution in [1.29, 1.82) is 0 Å². The molecule has 0 saturated carbocycles. The fourth-order valence-corrected chi connectivity index (χ4v) is 2.70. The van der Waals surface area contributed by atoms with Gasteiger partial charge < -0.3 is 14.6 Å². The van der Waals surface area contributed by atoms with E-state index < -0.39 is 27.2 Å². The summed E-state index contributed by atoms with van der Waals surface area (Å²) in [4.78, 5) is 10.6. The van der Waals surface area contributed by atoms with Crippen molar-refractivity contribution < 1.29 is 32.2 Å². The van der Waals surface area contributed by atoms with Crippen LogP contribution in [-0.2, 0) is 19.3 Å². The molecule has 0 unspecified atom stereocenters. The van der Waals surface area contributed by atoms with Crippen molar-refractivity contribution in [3.8, 4) is 0 Å². The molecule has 1 N–H and O–H groups in total. The van der Waals surface area contributed by atoms with Gasteiger partial charge in [-0.15, -0.1) is 0 Å². The maximum atomic E-state index is 13.2. The second-order valence-corrected chi connectivity index (χ2v) is 6.33. The van der Waals surface area contributed by atoms with E-state index in [-0.39, 0.29) is 17.3 Å². The van der Waals surface area contributed by atoms with Gasteiger partial charge in [0.25, 0.3) is 0 Å². The van der Waals surface area contributed by atoms with Crippen molar-refractivity contribution in [3.05, 3.63) is 29.6 Å². The Labute approximate surface area is 122 Å². The molecule has 0 radical (unpaired) electrons. The van der Waals surface area contributed by atoms with E-state index in [0.29, 0.717) is 19.6 Å². The third-order valence-electron chi connectivity index (χ3n) is 2.66. The number of rotatable bonds is 9. The molecule has 0 amide bonds. The molecule has 0 aliphatic heterocycles. The quantitative estimate of drug-likeness (QED) is 0.546. The molecule has 0 aliphatic rings. The third-order valence-corrected chi connectivity index (χ3v) is 4.34. The van der Waals surface area contributed by atoms with Crippen molar-refractivity contribution in [1.82, 2.24) is 0 Å². The number of sulfone groups is 1. The summed E-state index contributed by atoms with van der Waals surface area (Å²) in [6.07, 6.45) is 0.649. The van der Waals surface area contributed by atoms with E-state index in [1.165, 1.54) is 0 Å². The number of methoxy groups -OCH3 is 1. The van der Waals surface area contributed by atoms with Crippen LogP contribution in [0.25, 0.3) is 0 Å². The molecule has 8 heteroatoms. The number of ether oxygens (including phenoxy) is 2. The summed E-state index contributed by atoms with van der Waals surface area (Å²) in [5.74, 6) is -2.79. The Morgan fingerprint density at radius 1 is 1.29 bits per heavy atom. The van der Waals surface area contributed by atoms with Gasteiger partial charge in [-0.3, -0.25) is 0 Å². The minimum atomic E-state index is -3.71. The molecule has 0 saturated heterocycles. The van der Waals surface area contributed by atoms with E-state index >= 15 is 0 Å². The fraction of sp³-hybridized carbons (Fsp3) is 0.462. The highest BCUT2D eigenvalue weighted by Crippen LogP contribution is 2.16. The van der Waals surface area contributed by atoms with Crippen LogP contribution in [0.1, 0.15) is 16.8 Å². The number of carboxylic acids is 1. The predicted molar refractivity (Wildman–Crippen MR) is 72.7 cm³/mol. The summed E-state index contributed by atoms with van der Waals surface area (Å²) in [5.41, 5.74) is -0.669. The van der Waals surface area contributed by atoms with Gasteiger partial charge in [-0.05, 0) is 24.6 Å². The molecule has 1 rings (SSSR count). The van der Waals surface area contributed by atoms with Crippen LogP contribution in [0.2, 0.25) is 0 Å². The highest BCUT2D eigenvalue weighted by atomic mass is 32.2. The number of carbonyl (C=O) groups is 1. The molecule has 0 fully saturated rings. The first-order valence-corrected chi connectivity index (χ1v) is 7.86. The van der Waals surface area contributed by atoms with Crippen LogP contribution in [0.4, 0.5) is 4.39 Å². The number of halogens is 1. The Balaban J connectivity index is 2.66. The van der Waals surface area contributed by atoms with Crippen molar-refractivity contribution in [2.45, 2.75) is 11.3 Å². The summed E-state index contributed by atoms with van der Waals surface area (Å²) in [7, 11) is -2.16. The van der Waals surface area contributed by atoms with Crippen molar-refractivity contribution in [2.75, 3.05) is 32.7 Å². The lowest BCUT2D eigenvalue weighted by Crippen LogP contribution is -2.14. The standard InChI is InChI=1S/C13H17FO6S/c1-19-5-2-6-20-7-8-21(17,18)10-3-4-12(14)11(9-10)13(15)16/h3-4,9H,2,5-8H2,1H3,(H,15,16). The van der Waals surface area contributed by atoms with Gasteiger partial charge in [-0.2, -0.15) is 0 Å². The maximum absolute atomic E-state index is 13.2. The Bertz CT molecular complexity index is 584. The monoisotopic (exact) mass is 320 g/mol. The van der Waals surface area contributed by atoms with Gasteiger partial charge in [0, 0.05) is 20.3 Å². The second-order valence-electron chi connectivity index (χ2n) is 4.22. The summed E-state index contributed by atoms with van der Waals surface area (Å²) >= 11 is 0. The molecule has 118 valence electrons. The average molecular weight is 320 g/mol. The molecule has 0 heterocycles. The van der Waals surface area contributed by atoms with Crippen molar-refractivity contribution in [2.24, 2.45) is 0 Å². The molecule has 6 nitrogen and oxygen atoms in total. The molecular weight excluding hydrogens is 303 g/mol. The second kappa shape index (κ2) is 8.06. The van der Waals surface area contributed by atoms with Crippen molar-refractivity contribution in [3.63, 3.8) is 0 Å². The normalized spacial score (nSPS) is 11.5. The van der Waals surface area contributed by atoms with Crippen LogP contribution in [-0.4, -0.2) is 52.2 Å². The summed E-state index contributed by atoms with van der Waals surface area (Å²) in [5, 5.41) is 8.78. The molecule has 0 spiro atoms. The van der Waals surface area contributed by atoms with Crippen LogP contribution in [0.3, 0.4) is 0 Å². The van der Waals surface area contributed by atoms with Crippen LogP contribution >= 0.6 is 0 Å². The molecule has 1 aromatic rings. The first kappa shape index (κ1) is 17.5. The van der Waals surface area contributed by atoms with E-state index in [4.69, 9.17) is 14.6 Å². The van der Waals surface area contributed by atoms with Gasteiger partial charge >= 0.3 is 5.97 Å². The van der Waals surface area contributed by atoms with Gasteiger partial charge in [0.1, 0.15) is 5.82 Å².